The van der Waals surface area contributed by atoms with Crippen molar-refractivity contribution in [3.8, 4) is 5.75 Å². The maximum Gasteiger partial charge on any atom is 0.230 e. The molecule has 0 heterocycles. The van der Waals surface area contributed by atoms with E-state index in [0.29, 0.717) is 6.54 Å². The average Bonchev–Trinajstić information content (AvgIpc) is 3.44. The van der Waals surface area contributed by atoms with E-state index in [-0.39, 0.29) is 17.8 Å². The van der Waals surface area contributed by atoms with E-state index in [2.05, 4.69) is 10.2 Å². The van der Waals surface area contributed by atoms with Crippen molar-refractivity contribution < 1.29 is 13.9 Å². The molecule has 0 radical (unpaired) electrons. The second kappa shape index (κ2) is 7.46. The summed E-state index contributed by atoms with van der Waals surface area (Å²) in [6.45, 7) is 0.515. The van der Waals surface area contributed by atoms with Gasteiger partial charge in [-0.1, -0.05) is 24.3 Å². The van der Waals surface area contributed by atoms with E-state index in [4.69, 9.17) is 4.74 Å². The third kappa shape index (κ3) is 3.73. The molecule has 3 rings (SSSR count). The second-order valence-corrected chi connectivity index (χ2v) is 7.05. The van der Waals surface area contributed by atoms with E-state index in [1.807, 2.05) is 38.4 Å². The van der Waals surface area contributed by atoms with Gasteiger partial charge in [0.2, 0.25) is 5.91 Å². The first-order chi connectivity index (χ1) is 12.5. The summed E-state index contributed by atoms with van der Waals surface area (Å²) in [5, 5.41) is 3.10. The molecule has 26 heavy (non-hydrogen) atoms. The van der Waals surface area contributed by atoms with Crippen molar-refractivity contribution in [3.05, 3.63) is 65.5 Å². The minimum atomic E-state index is -0.496. The van der Waals surface area contributed by atoms with Crippen molar-refractivity contribution in [2.24, 2.45) is 0 Å². The number of nitrogens with one attached hydrogen (secondary N) is 1. The van der Waals surface area contributed by atoms with Crippen molar-refractivity contribution >= 4 is 5.91 Å². The number of amides is 1. The molecule has 1 atom stereocenters. The number of hydrogen-bond donors (Lipinski definition) is 1. The smallest absolute Gasteiger partial charge is 0.230 e. The fourth-order valence-electron chi connectivity index (χ4n) is 3.32. The largest absolute Gasteiger partial charge is 0.497 e. The predicted octanol–water partition coefficient (Wildman–Crippen LogP) is 3.29. The highest BCUT2D eigenvalue weighted by atomic mass is 19.1. The Hall–Kier alpha value is -2.40. The maximum absolute atomic E-state index is 13.2. The SMILES string of the molecule is COc1ccc(C(CNC(=O)C2(c3ccc(F)cc3)CC2)N(C)C)cc1. The van der Waals surface area contributed by atoms with Gasteiger partial charge in [0, 0.05) is 6.54 Å². The Bertz CT molecular complexity index is 753. The molecule has 1 N–H and O–H groups in total. The molecule has 4 nitrogen and oxygen atoms in total. The molecule has 5 heteroatoms. The normalized spacial score (nSPS) is 16.2. The Labute approximate surface area is 154 Å². The van der Waals surface area contributed by atoms with E-state index in [1.165, 1.54) is 12.1 Å². The Balaban J connectivity index is 1.69. The van der Waals surface area contributed by atoms with Gasteiger partial charge in [-0.3, -0.25) is 4.79 Å². The van der Waals surface area contributed by atoms with Gasteiger partial charge in [-0.15, -0.1) is 0 Å². The van der Waals surface area contributed by atoms with Crippen LogP contribution in [0, 0.1) is 5.82 Å². The Morgan fingerprint density at radius 2 is 1.77 bits per heavy atom. The lowest BCUT2D eigenvalue weighted by Gasteiger charge is -2.26. The highest BCUT2D eigenvalue weighted by Crippen LogP contribution is 2.48. The molecule has 0 aliphatic heterocycles. The first-order valence-electron chi connectivity index (χ1n) is 8.81. The van der Waals surface area contributed by atoms with Crippen LogP contribution in [0.2, 0.25) is 0 Å². The van der Waals surface area contributed by atoms with Crippen LogP contribution in [0.25, 0.3) is 0 Å². The number of carbonyl (C=O) groups excluding carboxylic acids is 1. The van der Waals surface area contributed by atoms with Crippen LogP contribution >= 0.6 is 0 Å². The number of nitrogens with zero attached hydrogens (tertiary/aromatic N) is 1. The number of rotatable bonds is 7. The fraction of sp³-hybridized carbons (Fsp3) is 0.381. The van der Waals surface area contributed by atoms with Gasteiger partial charge in [0.05, 0.1) is 18.6 Å². The lowest BCUT2D eigenvalue weighted by molar-refractivity contribution is -0.123. The molecule has 1 saturated carbocycles. The van der Waals surface area contributed by atoms with E-state index in [9.17, 15) is 9.18 Å². The van der Waals surface area contributed by atoms with E-state index in [1.54, 1.807) is 19.2 Å². The molecule has 0 spiro atoms. The summed E-state index contributed by atoms with van der Waals surface area (Å²) in [6, 6.07) is 14.2. The van der Waals surface area contributed by atoms with Crippen molar-refractivity contribution in [2.75, 3.05) is 27.7 Å². The standard InChI is InChI=1S/C21H25FN2O2/c1-24(2)19(15-4-10-18(26-3)11-5-15)14-23-20(25)21(12-13-21)16-6-8-17(22)9-7-16/h4-11,19H,12-14H2,1-3H3,(H,23,25). The van der Waals surface area contributed by atoms with Gasteiger partial charge in [-0.2, -0.15) is 0 Å². The van der Waals surface area contributed by atoms with E-state index >= 15 is 0 Å². The molecule has 0 aromatic heterocycles. The molecule has 0 bridgehead atoms. The summed E-state index contributed by atoms with van der Waals surface area (Å²) in [5.41, 5.74) is 1.51. The van der Waals surface area contributed by atoms with Crippen LogP contribution in [0.1, 0.15) is 30.0 Å². The lowest BCUT2D eigenvalue weighted by Crippen LogP contribution is -2.40. The van der Waals surface area contributed by atoms with Crippen molar-refractivity contribution in [1.29, 1.82) is 0 Å². The highest BCUT2D eigenvalue weighted by Gasteiger charge is 2.51. The summed E-state index contributed by atoms with van der Waals surface area (Å²) in [7, 11) is 5.63. The van der Waals surface area contributed by atoms with Gasteiger partial charge < -0.3 is 15.0 Å². The van der Waals surface area contributed by atoms with Crippen LogP contribution in [0.3, 0.4) is 0 Å². The zero-order valence-electron chi connectivity index (χ0n) is 15.5. The quantitative estimate of drug-likeness (QED) is 0.828. The molecule has 1 unspecified atom stereocenters. The minimum absolute atomic E-state index is 0.0180. The molecule has 1 aliphatic carbocycles. The van der Waals surface area contributed by atoms with Gasteiger partial charge in [0.1, 0.15) is 11.6 Å². The zero-order valence-corrected chi connectivity index (χ0v) is 15.5. The first kappa shape index (κ1) is 18.4. The van der Waals surface area contributed by atoms with Gasteiger partial charge in [-0.25, -0.2) is 4.39 Å². The highest BCUT2D eigenvalue weighted by molar-refractivity contribution is 5.91. The molecule has 0 saturated heterocycles. The molecular formula is C21H25FN2O2. The summed E-state index contributed by atoms with van der Waals surface area (Å²) in [4.78, 5) is 14.9. The van der Waals surface area contributed by atoms with Gasteiger partial charge >= 0.3 is 0 Å². The lowest BCUT2D eigenvalue weighted by atomic mass is 9.94. The van der Waals surface area contributed by atoms with E-state index in [0.717, 1.165) is 29.7 Å². The number of carbonyl (C=O) groups is 1. The molecule has 1 fully saturated rings. The van der Waals surface area contributed by atoms with Crippen LogP contribution in [-0.4, -0.2) is 38.6 Å². The predicted molar refractivity (Wildman–Crippen MR) is 99.7 cm³/mol. The number of ether oxygens (including phenoxy) is 1. The Morgan fingerprint density at radius 3 is 2.27 bits per heavy atom. The fourth-order valence-corrected chi connectivity index (χ4v) is 3.32. The average molecular weight is 356 g/mol. The summed E-state index contributed by atoms with van der Waals surface area (Å²) < 4.78 is 18.4. The zero-order chi connectivity index (χ0) is 18.7. The van der Waals surface area contributed by atoms with Crippen molar-refractivity contribution in [2.45, 2.75) is 24.3 Å². The third-order valence-corrected chi connectivity index (χ3v) is 5.16. The Kier molecular flexibility index (Phi) is 5.28. The van der Waals surface area contributed by atoms with E-state index < -0.39 is 5.41 Å². The topological polar surface area (TPSA) is 41.6 Å². The number of hydrogen-bond acceptors (Lipinski definition) is 3. The summed E-state index contributed by atoms with van der Waals surface area (Å²) >= 11 is 0. The van der Waals surface area contributed by atoms with Gasteiger partial charge in [-0.05, 0) is 62.3 Å². The number of halogens is 1. The first-order valence-corrected chi connectivity index (χ1v) is 8.81. The molecule has 1 aliphatic rings. The minimum Gasteiger partial charge on any atom is -0.497 e. The second-order valence-electron chi connectivity index (χ2n) is 7.05. The summed E-state index contributed by atoms with van der Waals surface area (Å²) in [5.74, 6) is 0.546. The van der Waals surface area contributed by atoms with Crippen LogP contribution in [0.5, 0.6) is 5.75 Å². The monoisotopic (exact) mass is 356 g/mol. The van der Waals surface area contributed by atoms with Crippen LogP contribution in [0.4, 0.5) is 4.39 Å². The van der Waals surface area contributed by atoms with Gasteiger partial charge in [0.25, 0.3) is 0 Å². The molecule has 138 valence electrons. The van der Waals surface area contributed by atoms with Crippen LogP contribution in [-0.2, 0) is 10.2 Å². The number of methoxy groups -OCH3 is 1. The molecule has 2 aromatic rings. The summed E-state index contributed by atoms with van der Waals surface area (Å²) in [6.07, 6.45) is 1.61. The van der Waals surface area contributed by atoms with Crippen LogP contribution in [0.15, 0.2) is 48.5 Å². The third-order valence-electron chi connectivity index (χ3n) is 5.16. The van der Waals surface area contributed by atoms with Crippen LogP contribution < -0.4 is 10.1 Å². The van der Waals surface area contributed by atoms with Crippen molar-refractivity contribution in [1.82, 2.24) is 10.2 Å². The molecular weight excluding hydrogens is 331 g/mol. The molecule has 2 aromatic carbocycles. The van der Waals surface area contributed by atoms with Crippen molar-refractivity contribution in [3.63, 3.8) is 0 Å². The molecule has 1 amide bonds. The Morgan fingerprint density at radius 1 is 1.15 bits per heavy atom. The maximum atomic E-state index is 13.2. The number of benzene rings is 2. The van der Waals surface area contributed by atoms with Gasteiger partial charge in [0.15, 0.2) is 0 Å². The number of likely N-dealkylation sites (N-methyl/N-ethyl adjacent to an activating group) is 1.